The van der Waals surface area contributed by atoms with Crippen molar-refractivity contribution < 1.29 is 23.1 Å². The Balaban J connectivity index is 3.10. The topological polar surface area (TPSA) is 86.2 Å². The van der Waals surface area contributed by atoms with Crippen LogP contribution in [0.15, 0.2) is 29.4 Å². The molecule has 0 spiro atoms. The number of nitrogens with one attached hydrogen (secondary N) is 1. The lowest BCUT2D eigenvalue weighted by molar-refractivity contribution is -0.132. The van der Waals surface area contributed by atoms with Gasteiger partial charge in [0.05, 0.1) is 7.11 Å². The van der Waals surface area contributed by atoms with Crippen LogP contribution in [0.1, 0.15) is 5.56 Å². The Morgan fingerprint density at radius 2 is 1.75 bits per heavy atom. The molecule has 20 heavy (non-hydrogen) atoms. The van der Waals surface area contributed by atoms with Crippen LogP contribution in [0.25, 0.3) is 0 Å². The van der Waals surface area contributed by atoms with Crippen LogP contribution in [-0.4, -0.2) is 33.0 Å². The third-order valence-electron chi connectivity index (χ3n) is 2.26. The van der Waals surface area contributed by atoms with Gasteiger partial charge in [-0.3, -0.25) is 9.05 Å². The Kier molecular flexibility index (Phi) is 6.16. The fraction of sp³-hybridized carbons (Fsp3) is 0.273. The molecule has 0 fully saturated rings. The predicted molar refractivity (Wildman–Crippen MR) is 74.8 cm³/mol. The molecule has 0 saturated carbocycles. The van der Waals surface area contributed by atoms with Gasteiger partial charge in [-0.25, -0.2) is 14.6 Å². The van der Waals surface area contributed by atoms with E-state index in [4.69, 9.17) is 11.6 Å². The average molecular weight is 321 g/mol. The minimum atomic E-state index is -3.59. The average Bonchev–Trinajstić information content (AvgIpc) is 2.48. The van der Waals surface area contributed by atoms with Gasteiger partial charge < -0.3 is 4.74 Å². The quantitative estimate of drug-likeness (QED) is 0.374. The molecule has 9 heteroatoms. The minimum absolute atomic E-state index is 0.0847. The SMILES string of the molecule is COC(=O)/C(=N/NP(=O)(OC)OC)c1ccc(Cl)cc1. The Bertz CT molecular complexity index is 538. The lowest BCUT2D eigenvalue weighted by Crippen LogP contribution is -2.21. The molecule has 110 valence electrons. The van der Waals surface area contributed by atoms with Gasteiger partial charge in [0.15, 0.2) is 5.71 Å². The molecule has 0 bridgehead atoms. The zero-order valence-corrected chi connectivity index (χ0v) is 12.8. The van der Waals surface area contributed by atoms with Crippen molar-refractivity contribution in [1.29, 1.82) is 0 Å². The van der Waals surface area contributed by atoms with Crippen molar-refractivity contribution in [3.63, 3.8) is 0 Å². The van der Waals surface area contributed by atoms with E-state index in [-0.39, 0.29) is 5.71 Å². The molecule has 0 unspecified atom stereocenters. The Morgan fingerprint density at radius 3 is 2.20 bits per heavy atom. The van der Waals surface area contributed by atoms with Gasteiger partial charge in [-0.15, -0.1) is 0 Å². The number of ether oxygens (including phenoxy) is 1. The number of carbonyl (C=O) groups excluding carboxylic acids is 1. The third kappa shape index (κ3) is 4.31. The summed E-state index contributed by atoms with van der Waals surface area (Å²) in [6, 6.07) is 6.32. The zero-order valence-electron chi connectivity index (χ0n) is 11.1. The smallest absolute Gasteiger partial charge is 0.447 e. The highest BCUT2D eigenvalue weighted by Crippen LogP contribution is 2.41. The summed E-state index contributed by atoms with van der Waals surface area (Å²) < 4.78 is 25.7. The lowest BCUT2D eigenvalue weighted by Gasteiger charge is -2.13. The van der Waals surface area contributed by atoms with Crippen molar-refractivity contribution in [3.05, 3.63) is 34.9 Å². The van der Waals surface area contributed by atoms with Crippen molar-refractivity contribution >= 4 is 31.0 Å². The maximum absolute atomic E-state index is 11.8. The number of rotatable bonds is 6. The summed E-state index contributed by atoms with van der Waals surface area (Å²) in [5.74, 6) is -0.710. The number of hydrogen-bond acceptors (Lipinski definition) is 6. The first kappa shape index (κ1) is 16.7. The van der Waals surface area contributed by atoms with Gasteiger partial charge in [-0.2, -0.15) is 5.10 Å². The van der Waals surface area contributed by atoms with Crippen LogP contribution in [-0.2, 0) is 23.1 Å². The summed E-state index contributed by atoms with van der Waals surface area (Å²) in [6.07, 6.45) is 0. The van der Waals surface area contributed by atoms with Crippen molar-refractivity contribution in [1.82, 2.24) is 5.20 Å². The number of benzene rings is 1. The maximum atomic E-state index is 11.8. The highest BCUT2D eigenvalue weighted by molar-refractivity contribution is 7.51. The molecular weight excluding hydrogens is 307 g/mol. The minimum Gasteiger partial charge on any atom is -0.464 e. The van der Waals surface area contributed by atoms with E-state index in [1.807, 2.05) is 0 Å². The first-order valence-corrected chi connectivity index (χ1v) is 7.28. The normalized spacial score (nSPS) is 12.1. The summed E-state index contributed by atoms with van der Waals surface area (Å²) in [5, 5.41) is 6.44. The standard InChI is InChI=1S/C11H14ClN2O5P/c1-17-11(15)10(8-4-6-9(12)7-5-8)13-14-20(16,18-2)19-3/h4-7H,1-3H3,(H,14,16)/b13-10+. The first-order valence-electron chi connectivity index (χ1n) is 5.36. The van der Waals surface area contributed by atoms with Crippen LogP contribution in [0.3, 0.4) is 0 Å². The van der Waals surface area contributed by atoms with E-state index in [9.17, 15) is 9.36 Å². The van der Waals surface area contributed by atoms with Gasteiger partial charge in [0.1, 0.15) is 0 Å². The summed E-state index contributed by atoms with van der Waals surface area (Å²) in [7, 11) is -0.00338. The lowest BCUT2D eigenvalue weighted by atomic mass is 10.1. The fourth-order valence-corrected chi connectivity index (χ4v) is 1.86. The van der Waals surface area contributed by atoms with Crippen molar-refractivity contribution in [2.75, 3.05) is 21.3 Å². The van der Waals surface area contributed by atoms with Gasteiger partial charge >= 0.3 is 13.7 Å². The molecule has 0 aliphatic carbocycles. The van der Waals surface area contributed by atoms with E-state index in [2.05, 4.69) is 24.1 Å². The number of nitrogens with zero attached hydrogens (tertiary/aromatic N) is 1. The van der Waals surface area contributed by atoms with E-state index < -0.39 is 13.7 Å². The zero-order chi connectivity index (χ0) is 15.2. The van der Waals surface area contributed by atoms with Gasteiger partial charge in [-0.1, -0.05) is 23.7 Å². The van der Waals surface area contributed by atoms with E-state index in [1.165, 1.54) is 21.3 Å². The number of hydrogen-bond donors (Lipinski definition) is 1. The van der Waals surface area contributed by atoms with Crippen LogP contribution >= 0.6 is 19.3 Å². The summed E-state index contributed by atoms with van der Waals surface area (Å²) in [5.41, 5.74) is 0.353. The number of hydrazone groups is 1. The highest BCUT2D eigenvalue weighted by Gasteiger charge is 2.22. The van der Waals surface area contributed by atoms with Crippen LogP contribution < -0.4 is 5.20 Å². The molecule has 0 amide bonds. The van der Waals surface area contributed by atoms with Crippen molar-refractivity contribution in [2.24, 2.45) is 5.10 Å². The molecule has 1 aromatic rings. The number of carbonyl (C=O) groups is 1. The number of methoxy groups -OCH3 is 1. The molecule has 1 aromatic carbocycles. The number of esters is 1. The molecule has 0 aromatic heterocycles. The summed E-state index contributed by atoms with van der Waals surface area (Å²) in [4.78, 5) is 11.7. The molecule has 0 atom stereocenters. The Labute approximate surface area is 121 Å². The molecule has 1 rings (SSSR count). The maximum Gasteiger partial charge on any atom is 0.447 e. The summed E-state index contributed by atoms with van der Waals surface area (Å²) in [6.45, 7) is 0. The number of halogens is 1. The Morgan fingerprint density at radius 1 is 1.20 bits per heavy atom. The van der Waals surface area contributed by atoms with Gasteiger partial charge in [-0.05, 0) is 12.1 Å². The monoisotopic (exact) mass is 320 g/mol. The highest BCUT2D eigenvalue weighted by atomic mass is 35.5. The molecule has 7 nitrogen and oxygen atoms in total. The van der Waals surface area contributed by atoms with Crippen LogP contribution in [0.4, 0.5) is 0 Å². The molecule has 0 heterocycles. The van der Waals surface area contributed by atoms with E-state index in [0.29, 0.717) is 10.6 Å². The van der Waals surface area contributed by atoms with Crippen LogP contribution in [0.2, 0.25) is 5.02 Å². The predicted octanol–water partition coefficient (Wildman–Crippen LogP) is 2.21. The Hall–Kier alpha value is -1.40. The second-order valence-corrected chi connectivity index (χ2v) is 5.78. The molecule has 1 N–H and O–H groups in total. The first-order chi connectivity index (χ1) is 9.45. The van der Waals surface area contributed by atoms with Gasteiger partial charge in [0.25, 0.3) is 0 Å². The second kappa shape index (κ2) is 7.40. The molecule has 0 aliphatic rings. The van der Waals surface area contributed by atoms with Gasteiger partial charge in [0, 0.05) is 24.8 Å². The van der Waals surface area contributed by atoms with Crippen molar-refractivity contribution in [2.45, 2.75) is 0 Å². The second-order valence-electron chi connectivity index (χ2n) is 3.42. The molecule has 0 aliphatic heterocycles. The molecular formula is C11H14ClN2O5P. The van der Waals surface area contributed by atoms with E-state index in [0.717, 1.165) is 0 Å². The van der Waals surface area contributed by atoms with Crippen molar-refractivity contribution in [3.8, 4) is 0 Å². The third-order valence-corrected chi connectivity index (χ3v) is 3.82. The van der Waals surface area contributed by atoms with E-state index in [1.54, 1.807) is 24.3 Å². The molecule has 0 saturated heterocycles. The fourth-order valence-electron chi connectivity index (χ4n) is 1.20. The van der Waals surface area contributed by atoms with Gasteiger partial charge in [0.2, 0.25) is 0 Å². The van der Waals surface area contributed by atoms with E-state index >= 15 is 0 Å². The van der Waals surface area contributed by atoms with Crippen LogP contribution in [0.5, 0.6) is 0 Å². The summed E-state index contributed by atoms with van der Waals surface area (Å²) >= 11 is 5.77. The van der Waals surface area contributed by atoms with Crippen LogP contribution in [0, 0.1) is 0 Å². The largest absolute Gasteiger partial charge is 0.464 e. The molecule has 0 radical (unpaired) electrons.